The van der Waals surface area contributed by atoms with E-state index in [9.17, 15) is 9.18 Å². The Morgan fingerprint density at radius 2 is 2.21 bits per heavy atom. The minimum absolute atomic E-state index is 0.261. The molecule has 100 valence electrons. The quantitative estimate of drug-likeness (QED) is 0.793. The Balaban J connectivity index is 2.30. The highest BCUT2D eigenvalue weighted by Crippen LogP contribution is 2.22. The van der Waals surface area contributed by atoms with Crippen molar-refractivity contribution in [2.75, 3.05) is 11.9 Å². The van der Waals surface area contributed by atoms with Crippen LogP contribution in [0.5, 0.6) is 0 Å². The molecule has 0 amide bonds. The number of nitrogens with zero attached hydrogens (tertiary/aromatic N) is 3. The lowest BCUT2D eigenvalue weighted by Gasteiger charge is -2.20. The molecule has 0 unspecified atom stereocenters. The number of carbonyl (C=O) groups excluding carboxylic acids is 1. The second-order valence-corrected chi connectivity index (χ2v) is 4.55. The van der Waals surface area contributed by atoms with E-state index >= 15 is 0 Å². The average Bonchev–Trinajstić information content (AvgIpc) is 2.63. The standard InChI is InChI=1S/C14H16FN3O/c1-10-13(9-19)14(18(3)16-10)17(2)8-11-5-4-6-12(15)7-11/h4-7,9H,8H2,1-3H3. The van der Waals surface area contributed by atoms with E-state index in [1.807, 2.05) is 18.0 Å². The summed E-state index contributed by atoms with van der Waals surface area (Å²) in [5.74, 6) is 0.472. The lowest BCUT2D eigenvalue weighted by atomic mass is 10.2. The Kier molecular flexibility index (Phi) is 3.64. The summed E-state index contributed by atoms with van der Waals surface area (Å²) in [4.78, 5) is 13.0. The minimum Gasteiger partial charge on any atom is -0.355 e. The lowest BCUT2D eigenvalue weighted by molar-refractivity contribution is 0.112. The number of benzene rings is 1. The summed E-state index contributed by atoms with van der Waals surface area (Å²) in [6.45, 7) is 2.31. The fraction of sp³-hybridized carbons (Fsp3) is 0.286. The van der Waals surface area contributed by atoms with E-state index in [-0.39, 0.29) is 5.82 Å². The number of anilines is 1. The molecule has 0 fully saturated rings. The number of carbonyl (C=O) groups is 1. The van der Waals surface area contributed by atoms with Gasteiger partial charge < -0.3 is 4.90 Å². The molecule has 2 aromatic rings. The van der Waals surface area contributed by atoms with Gasteiger partial charge in [0.25, 0.3) is 0 Å². The third-order valence-corrected chi connectivity index (χ3v) is 3.03. The van der Waals surface area contributed by atoms with Crippen LogP contribution in [0, 0.1) is 12.7 Å². The van der Waals surface area contributed by atoms with E-state index in [0.29, 0.717) is 17.8 Å². The Morgan fingerprint density at radius 1 is 1.47 bits per heavy atom. The smallest absolute Gasteiger partial charge is 0.155 e. The first-order valence-electron chi connectivity index (χ1n) is 5.97. The second kappa shape index (κ2) is 5.22. The number of hydrogen-bond acceptors (Lipinski definition) is 3. The zero-order chi connectivity index (χ0) is 14.0. The third-order valence-electron chi connectivity index (χ3n) is 3.03. The van der Waals surface area contributed by atoms with Crippen molar-refractivity contribution in [3.05, 3.63) is 46.9 Å². The first-order chi connectivity index (χ1) is 9.02. The van der Waals surface area contributed by atoms with Gasteiger partial charge >= 0.3 is 0 Å². The normalized spacial score (nSPS) is 10.5. The van der Waals surface area contributed by atoms with Crippen molar-refractivity contribution in [1.29, 1.82) is 0 Å². The van der Waals surface area contributed by atoms with Gasteiger partial charge in [-0.25, -0.2) is 4.39 Å². The van der Waals surface area contributed by atoms with Gasteiger partial charge in [-0.2, -0.15) is 5.10 Å². The number of aldehydes is 1. The van der Waals surface area contributed by atoms with Gasteiger partial charge in [0.2, 0.25) is 0 Å². The Hall–Kier alpha value is -2.17. The molecular formula is C14H16FN3O. The summed E-state index contributed by atoms with van der Waals surface area (Å²) in [7, 11) is 3.64. The zero-order valence-corrected chi connectivity index (χ0v) is 11.2. The third kappa shape index (κ3) is 2.65. The first-order valence-corrected chi connectivity index (χ1v) is 5.97. The van der Waals surface area contributed by atoms with Crippen LogP contribution in [-0.2, 0) is 13.6 Å². The van der Waals surface area contributed by atoms with Crippen LogP contribution in [0.2, 0.25) is 0 Å². The van der Waals surface area contributed by atoms with Crippen LogP contribution >= 0.6 is 0 Å². The molecule has 0 atom stereocenters. The van der Waals surface area contributed by atoms with Gasteiger partial charge in [-0.3, -0.25) is 9.48 Å². The number of aromatic nitrogens is 2. The molecule has 1 aromatic heterocycles. The Morgan fingerprint density at radius 3 is 2.84 bits per heavy atom. The summed E-state index contributed by atoms with van der Waals surface area (Å²) >= 11 is 0. The predicted molar refractivity (Wildman–Crippen MR) is 71.8 cm³/mol. The molecule has 0 radical (unpaired) electrons. The van der Waals surface area contributed by atoms with Crippen LogP contribution in [0.3, 0.4) is 0 Å². The highest BCUT2D eigenvalue weighted by molar-refractivity contribution is 5.84. The van der Waals surface area contributed by atoms with Crippen LogP contribution in [0.15, 0.2) is 24.3 Å². The summed E-state index contributed by atoms with van der Waals surface area (Å²) in [5.41, 5.74) is 2.11. The fourth-order valence-electron chi connectivity index (χ4n) is 2.24. The zero-order valence-electron chi connectivity index (χ0n) is 11.2. The molecule has 5 heteroatoms. The highest BCUT2D eigenvalue weighted by atomic mass is 19.1. The molecule has 0 spiro atoms. The van der Waals surface area contributed by atoms with Crippen LogP contribution in [0.1, 0.15) is 21.6 Å². The predicted octanol–water partition coefficient (Wildman–Crippen LogP) is 2.32. The van der Waals surface area contributed by atoms with Crippen molar-refractivity contribution in [3.63, 3.8) is 0 Å². The maximum absolute atomic E-state index is 13.2. The van der Waals surface area contributed by atoms with Gasteiger partial charge in [0.1, 0.15) is 11.6 Å². The summed E-state index contributed by atoms with van der Waals surface area (Å²) in [6, 6.07) is 6.42. The van der Waals surface area contributed by atoms with E-state index in [1.165, 1.54) is 12.1 Å². The van der Waals surface area contributed by atoms with Gasteiger partial charge in [0.15, 0.2) is 6.29 Å². The highest BCUT2D eigenvalue weighted by Gasteiger charge is 2.16. The van der Waals surface area contributed by atoms with Crippen LogP contribution in [0.25, 0.3) is 0 Å². The summed E-state index contributed by atoms with van der Waals surface area (Å²) in [6.07, 6.45) is 0.805. The average molecular weight is 261 g/mol. The number of rotatable bonds is 4. The van der Waals surface area contributed by atoms with Crippen molar-refractivity contribution in [3.8, 4) is 0 Å². The van der Waals surface area contributed by atoms with Crippen molar-refractivity contribution in [2.45, 2.75) is 13.5 Å². The SMILES string of the molecule is Cc1nn(C)c(N(C)Cc2cccc(F)c2)c1C=O. The van der Waals surface area contributed by atoms with Crippen molar-refractivity contribution in [1.82, 2.24) is 9.78 Å². The minimum atomic E-state index is -0.261. The number of halogens is 1. The van der Waals surface area contributed by atoms with Gasteiger partial charge in [0.05, 0.1) is 11.3 Å². The molecule has 0 aliphatic rings. The molecule has 0 N–H and O–H groups in total. The van der Waals surface area contributed by atoms with Gasteiger partial charge in [-0.1, -0.05) is 12.1 Å². The van der Waals surface area contributed by atoms with Crippen LogP contribution in [0.4, 0.5) is 10.2 Å². The molecular weight excluding hydrogens is 245 g/mol. The van der Waals surface area contributed by atoms with Crippen molar-refractivity contribution in [2.24, 2.45) is 7.05 Å². The van der Waals surface area contributed by atoms with Crippen LogP contribution in [-0.4, -0.2) is 23.1 Å². The summed E-state index contributed by atoms with van der Waals surface area (Å²) in [5, 5.41) is 4.23. The summed E-state index contributed by atoms with van der Waals surface area (Å²) < 4.78 is 14.8. The van der Waals surface area contributed by atoms with Gasteiger partial charge in [-0.15, -0.1) is 0 Å². The van der Waals surface area contributed by atoms with E-state index in [0.717, 1.165) is 17.7 Å². The van der Waals surface area contributed by atoms with E-state index < -0.39 is 0 Å². The number of aryl methyl sites for hydroxylation is 2. The Bertz CT molecular complexity index is 607. The van der Waals surface area contributed by atoms with Crippen molar-refractivity contribution >= 4 is 12.1 Å². The Labute approximate surface area is 111 Å². The molecule has 4 nitrogen and oxygen atoms in total. The number of hydrogen-bond donors (Lipinski definition) is 0. The van der Waals surface area contributed by atoms with Crippen molar-refractivity contribution < 1.29 is 9.18 Å². The lowest BCUT2D eigenvalue weighted by Crippen LogP contribution is -2.20. The molecule has 0 saturated heterocycles. The van der Waals surface area contributed by atoms with E-state index in [4.69, 9.17) is 0 Å². The van der Waals surface area contributed by atoms with Gasteiger partial charge in [0, 0.05) is 20.6 Å². The maximum Gasteiger partial charge on any atom is 0.155 e. The largest absolute Gasteiger partial charge is 0.355 e. The maximum atomic E-state index is 13.2. The molecule has 0 aliphatic heterocycles. The molecule has 0 aliphatic carbocycles. The second-order valence-electron chi connectivity index (χ2n) is 4.55. The molecule has 2 rings (SSSR count). The monoisotopic (exact) mass is 261 g/mol. The first kappa shape index (κ1) is 13.3. The van der Waals surface area contributed by atoms with E-state index in [2.05, 4.69) is 5.10 Å². The van der Waals surface area contributed by atoms with Crippen LogP contribution < -0.4 is 4.90 Å². The molecule has 1 aromatic carbocycles. The molecule has 0 bridgehead atoms. The van der Waals surface area contributed by atoms with E-state index in [1.54, 1.807) is 24.7 Å². The topological polar surface area (TPSA) is 38.1 Å². The molecule has 0 saturated carbocycles. The fourth-order valence-corrected chi connectivity index (χ4v) is 2.24. The molecule has 19 heavy (non-hydrogen) atoms. The molecule has 1 heterocycles. The van der Waals surface area contributed by atoms with Gasteiger partial charge in [-0.05, 0) is 24.6 Å².